The Bertz CT molecular complexity index is 1020. The second-order valence-corrected chi connectivity index (χ2v) is 9.22. The molecule has 2 fully saturated rings. The molecule has 0 bridgehead atoms. The van der Waals surface area contributed by atoms with Gasteiger partial charge in [-0.3, -0.25) is 0 Å². The fraction of sp³-hybridized carbons (Fsp3) is 0.474. The predicted molar refractivity (Wildman–Crippen MR) is 109 cm³/mol. The van der Waals surface area contributed by atoms with Gasteiger partial charge in [-0.25, -0.2) is 8.42 Å². The van der Waals surface area contributed by atoms with E-state index in [1.807, 2.05) is 11.0 Å². The number of hydrogen-bond donors (Lipinski definition) is 0. The number of alkyl halides is 3. The average molecular weight is 473 g/mol. The van der Waals surface area contributed by atoms with Crippen LogP contribution in [0.15, 0.2) is 41.4 Å². The first-order chi connectivity index (χ1) is 15.2. The van der Waals surface area contributed by atoms with Crippen LogP contribution in [0.4, 0.5) is 24.7 Å². The van der Waals surface area contributed by atoms with E-state index in [2.05, 4.69) is 19.8 Å². The Balaban J connectivity index is 1.40. The summed E-state index contributed by atoms with van der Waals surface area (Å²) in [5, 5.41) is 8.27. The average Bonchev–Trinajstić information content (AvgIpc) is 2.79. The lowest BCUT2D eigenvalue weighted by molar-refractivity contribution is -0.274. The molecular formula is C19H22F3N5O4S. The summed E-state index contributed by atoms with van der Waals surface area (Å²) in [7, 11) is -3.83. The number of nitrogens with zero attached hydrogens (tertiary/aromatic N) is 5. The molecule has 2 saturated heterocycles. The Morgan fingerprint density at radius 1 is 0.938 bits per heavy atom. The third kappa shape index (κ3) is 5.22. The number of sulfonamides is 1. The normalized spacial score (nSPS) is 18.6. The molecule has 4 rings (SSSR count). The third-order valence-electron chi connectivity index (χ3n) is 5.26. The maximum atomic E-state index is 12.9. The number of piperazine rings is 1. The molecule has 174 valence electrons. The number of rotatable bonds is 5. The number of halogens is 3. The van der Waals surface area contributed by atoms with E-state index in [4.69, 9.17) is 4.74 Å². The second-order valence-electron chi connectivity index (χ2n) is 7.28. The van der Waals surface area contributed by atoms with Gasteiger partial charge in [0.15, 0.2) is 5.82 Å². The van der Waals surface area contributed by atoms with E-state index >= 15 is 0 Å². The lowest BCUT2D eigenvalue weighted by Gasteiger charge is -2.35. The molecule has 0 atom stereocenters. The maximum Gasteiger partial charge on any atom is 0.573 e. The highest BCUT2D eigenvalue weighted by Crippen LogP contribution is 2.26. The molecule has 1 aromatic carbocycles. The van der Waals surface area contributed by atoms with Gasteiger partial charge in [-0.05, 0) is 24.3 Å². The van der Waals surface area contributed by atoms with E-state index < -0.39 is 22.1 Å². The Kier molecular flexibility index (Phi) is 6.40. The van der Waals surface area contributed by atoms with Crippen molar-refractivity contribution in [1.29, 1.82) is 0 Å². The number of benzene rings is 1. The van der Waals surface area contributed by atoms with Gasteiger partial charge in [0.25, 0.3) is 0 Å². The van der Waals surface area contributed by atoms with Gasteiger partial charge in [-0.1, -0.05) is 0 Å². The van der Waals surface area contributed by atoms with Crippen molar-refractivity contribution in [2.45, 2.75) is 11.3 Å². The van der Waals surface area contributed by atoms with Crippen molar-refractivity contribution in [3.05, 3.63) is 36.5 Å². The van der Waals surface area contributed by atoms with Crippen molar-refractivity contribution in [2.24, 2.45) is 0 Å². The molecular weight excluding hydrogens is 451 g/mol. The molecule has 13 heteroatoms. The minimum Gasteiger partial charge on any atom is -0.406 e. The molecule has 0 radical (unpaired) electrons. The zero-order chi connectivity index (χ0) is 22.8. The third-order valence-corrected chi connectivity index (χ3v) is 7.17. The minimum atomic E-state index is -4.83. The van der Waals surface area contributed by atoms with Crippen molar-refractivity contribution in [3.8, 4) is 5.75 Å². The Labute approximate surface area is 183 Å². The van der Waals surface area contributed by atoms with E-state index in [-0.39, 0.29) is 18.0 Å². The van der Waals surface area contributed by atoms with Crippen LogP contribution in [0.1, 0.15) is 0 Å². The van der Waals surface area contributed by atoms with Gasteiger partial charge in [-0.2, -0.15) is 9.40 Å². The molecule has 2 aliphatic heterocycles. The Morgan fingerprint density at radius 3 is 2.22 bits per heavy atom. The standard InChI is InChI=1S/C19H22F3N5O4S/c20-19(21,22)31-16-1-3-17(4-2-16)32(28,29)27-7-5-25(6-8-27)15-13-18(24-23-14-15)26-9-11-30-12-10-26/h1-4,13-14H,5-12H2. The Hall–Kier alpha value is -2.64. The monoisotopic (exact) mass is 473 g/mol. The number of anilines is 2. The van der Waals surface area contributed by atoms with E-state index in [0.717, 1.165) is 48.9 Å². The van der Waals surface area contributed by atoms with Crippen LogP contribution in [0, 0.1) is 0 Å². The van der Waals surface area contributed by atoms with Crippen LogP contribution in [-0.4, -0.2) is 81.8 Å². The predicted octanol–water partition coefficient (Wildman–Crippen LogP) is 1.72. The van der Waals surface area contributed by atoms with E-state index in [1.165, 1.54) is 4.31 Å². The largest absolute Gasteiger partial charge is 0.573 e. The highest BCUT2D eigenvalue weighted by Gasteiger charge is 2.32. The molecule has 3 heterocycles. The molecule has 1 aromatic heterocycles. The van der Waals surface area contributed by atoms with Crippen LogP contribution in [0.25, 0.3) is 0 Å². The molecule has 0 amide bonds. The second kappa shape index (κ2) is 9.08. The topological polar surface area (TPSA) is 88.1 Å². The van der Waals surface area contributed by atoms with Crippen LogP contribution in [-0.2, 0) is 14.8 Å². The van der Waals surface area contributed by atoms with E-state index in [9.17, 15) is 21.6 Å². The first-order valence-corrected chi connectivity index (χ1v) is 11.4. The SMILES string of the molecule is O=S(=O)(c1ccc(OC(F)(F)F)cc1)N1CCN(c2cnnc(N3CCOCC3)c2)CC1. The van der Waals surface area contributed by atoms with Gasteiger partial charge < -0.3 is 19.3 Å². The summed E-state index contributed by atoms with van der Waals surface area (Å²) in [6.45, 7) is 4.09. The number of hydrogen-bond acceptors (Lipinski definition) is 8. The van der Waals surface area contributed by atoms with Gasteiger partial charge in [0, 0.05) is 45.3 Å². The van der Waals surface area contributed by atoms with Crippen LogP contribution in [0.5, 0.6) is 5.75 Å². The van der Waals surface area contributed by atoms with Crippen LogP contribution in [0.2, 0.25) is 0 Å². The highest BCUT2D eigenvalue weighted by atomic mass is 32.2. The van der Waals surface area contributed by atoms with Crippen LogP contribution in [0.3, 0.4) is 0 Å². The van der Waals surface area contributed by atoms with Crippen molar-refractivity contribution < 1.29 is 31.1 Å². The lowest BCUT2D eigenvalue weighted by Crippen LogP contribution is -2.48. The van der Waals surface area contributed by atoms with Crippen molar-refractivity contribution in [1.82, 2.24) is 14.5 Å². The van der Waals surface area contributed by atoms with Gasteiger partial charge in [0.05, 0.1) is 30.0 Å². The molecule has 0 aliphatic carbocycles. The summed E-state index contributed by atoms with van der Waals surface area (Å²) < 4.78 is 73.2. The first kappa shape index (κ1) is 22.6. The summed E-state index contributed by atoms with van der Waals surface area (Å²) in [5.41, 5.74) is 0.854. The fourth-order valence-electron chi connectivity index (χ4n) is 3.61. The summed E-state index contributed by atoms with van der Waals surface area (Å²) in [4.78, 5) is 4.04. The molecule has 0 N–H and O–H groups in total. The van der Waals surface area contributed by atoms with Crippen molar-refractivity contribution in [2.75, 3.05) is 62.3 Å². The molecule has 32 heavy (non-hydrogen) atoms. The summed E-state index contributed by atoms with van der Waals surface area (Å²) in [6.07, 6.45) is -3.19. The first-order valence-electron chi connectivity index (χ1n) is 9.99. The maximum absolute atomic E-state index is 12.9. The summed E-state index contributed by atoms with van der Waals surface area (Å²) in [5.74, 6) is 0.282. The minimum absolute atomic E-state index is 0.0827. The quantitative estimate of drug-likeness (QED) is 0.649. The van der Waals surface area contributed by atoms with Crippen molar-refractivity contribution in [3.63, 3.8) is 0 Å². The molecule has 0 unspecified atom stereocenters. The van der Waals surface area contributed by atoms with Gasteiger partial charge in [0.1, 0.15) is 5.75 Å². The number of ether oxygens (including phenoxy) is 2. The van der Waals surface area contributed by atoms with Crippen LogP contribution >= 0.6 is 0 Å². The molecule has 0 spiro atoms. The summed E-state index contributed by atoms with van der Waals surface area (Å²) >= 11 is 0. The zero-order valence-corrected chi connectivity index (χ0v) is 17.8. The molecule has 9 nitrogen and oxygen atoms in total. The van der Waals surface area contributed by atoms with Crippen molar-refractivity contribution >= 4 is 21.5 Å². The number of aromatic nitrogens is 2. The van der Waals surface area contributed by atoms with Gasteiger partial charge in [-0.15, -0.1) is 18.3 Å². The van der Waals surface area contributed by atoms with Gasteiger partial charge in [0.2, 0.25) is 10.0 Å². The summed E-state index contributed by atoms with van der Waals surface area (Å²) in [6, 6.07) is 6.15. The molecule has 0 saturated carbocycles. The fourth-order valence-corrected chi connectivity index (χ4v) is 5.04. The zero-order valence-electron chi connectivity index (χ0n) is 17.0. The Morgan fingerprint density at radius 2 is 1.59 bits per heavy atom. The smallest absolute Gasteiger partial charge is 0.406 e. The molecule has 2 aliphatic rings. The van der Waals surface area contributed by atoms with E-state index in [0.29, 0.717) is 26.3 Å². The van der Waals surface area contributed by atoms with Crippen LogP contribution < -0.4 is 14.5 Å². The highest BCUT2D eigenvalue weighted by molar-refractivity contribution is 7.89. The van der Waals surface area contributed by atoms with E-state index in [1.54, 1.807) is 6.20 Å². The lowest BCUT2D eigenvalue weighted by atomic mass is 10.3. The van der Waals surface area contributed by atoms with Gasteiger partial charge >= 0.3 is 6.36 Å². The molecule has 2 aromatic rings. The number of morpholine rings is 1.